The Hall–Kier alpha value is -3.07. The van der Waals surface area contributed by atoms with E-state index in [0.29, 0.717) is 41.7 Å². The van der Waals surface area contributed by atoms with E-state index in [9.17, 15) is 18.0 Å². The Morgan fingerprint density at radius 3 is 2.44 bits per heavy atom. The van der Waals surface area contributed by atoms with E-state index in [2.05, 4.69) is 5.32 Å². The number of fused-ring (bicyclic) bond motifs is 1. The summed E-state index contributed by atoms with van der Waals surface area (Å²) < 4.78 is 35.9. The first-order chi connectivity index (χ1) is 15.3. The van der Waals surface area contributed by atoms with E-state index in [-0.39, 0.29) is 35.7 Å². The smallest absolute Gasteiger partial charge is 0.255 e. The van der Waals surface area contributed by atoms with Gasteiger partial charge in [0.05, 0.1) is 42.1 Å². The number of ether oxygens (including phenoxy) is 2. The first kappa shape index (κ1) is 22.1. The Morgan fingerprint density at radius 2 is 1.75 bits per heavy atom. The van der Waals surface area contributed by atoms with E-state index < -0.39 is 15.9 Å². The minimum atomic E-state index is -3.19. The van der Waals surface area contributed by atoms with Crippen LogP contribution >= 0.6 is 0 Å². The molecular weight excluding hydrogens is 432 g/mol. The third-order valence-electron chi connectivity index (χ3n) is 5.68. The van der Waals surface area contributed by atoms with Gasteiger partial charge in [0.25, 0.3) is 5.91 Å². The molecule has 1 N–H and O–H groups in total. The van der Waals surface area contributed by atoms with Gasteiger partial charge < -0.3 is 19.7 Å². The maximum Gasteiger partial charge on any atom is 0.255 e. The average Bonchev–Trinajstić information content (AvgIpc) is 3.20. The molecule has 0 saturated carbocycles. The quantitative estimate of drug-likeness (QED) is 0.685. The Morgan fingerprint density at radius 1 is 1.06 bits per heavy atom. The summed E-state index contributed by atoms with van der Waals surface area (Å²) in [5.74, 6) is 0.0546. The number of benzene rings is 2. The normalized spacial score (nSPS) is 21.3. The number of anilines is 2. The molecule has 170 valence electrons. The van der Waals surface area contributed by atoms with Crippen molar-refractivity contribution in [2.75, 3.05) is 34.9 Å². The van der Waals surface area contributed by atoms with E-state index >= 15 is 0 Å². The molecule has 2 saturated heterocycles. The van der Waals surface area contributed by atoms with E-state index in [4.69, 9.17) is 9.47 Å². The highest BCUT2D eigenvalue weighted by atomic mass is 32.2. The maximum absolute atomic E-state index is 12.8. The average molecular weight is 459 g/mol. The van der Waals surface area contributed by atoms with Crippen molar-refractivity contribution in [2.24, 2.45) is 5.92 Å². The van der Waals surface area contributed by atoms with Gasteiger partial charge in [-0.1, -0.05) is 18.2 Å². The molecule has 0 radical (unpaired) electrons. The van der Waals surface area contributed by atoms with Gasteiger partial charge in [0.1, 0.15) is 11.5 Å². The van der Waals surface area contributed by atoms with Gasteiger partial charge in [0.2, 0.25) is 5.91 Å². The van der Waals surface area contributed by atoms with Crippen LogP contribution in [0, 0.1) is 5.92 Å². The van der Waals surface area contributed by atoms with Crippen LogP contribution in [-0.2, 0) is 14.6 Å². The van der Waals surface area contributed by atoms with Crippen LogP contribution in [0.1, 0.15) is 30.6 Å². The highest BCUT2D eigenvalue weighted by Gasteiger charge is 2.50. The molecule has 0 bridgehead atoms. The number of carbonyl (C=O) groups is 2. The van der Waals surface area contributed by atoms with Gasteiger partial charge in [0.15, 0.2) is 9.84 Å². The number of sulfone groups is 1. The van der Waals surface area contributed by atoms with Crippen LogP contribution in [0.5, 0.6) is 11.5 Å². The van der Waals surface area contributed by atoms with Crippen molar-refractivity contribution in [3.63, 3.8) is 0 Å². The molecule has 2 amide bonds. The van der Waals surface area contributed by atoms with Crippen molar-refractivity contribution >= 4 is 33.0 Å². The molecule has 2 aliphatic rings. The molecule has 9 heteroatoms. The second-order valence-electron chi connectivity index (χ2n) is 7.87. The number of amides is 2. The van der Waals surface area contributed by atoms with Gasteiger partial charge in [-0.2, -0.15) is 0 Å². The lowest BCUT2D eigenvalue weighted by atomic mass is 10.0. The number of hydrogen-bond acceptors (Lipinski definition) is 6. The zero-order valence-electron chi connectivity index (χ0n) is 18.0. The molecule has 2 aromatic rings. The Labute approximate surface area is 187 Å². The molecule has 4 rings (SSSR count). The molecule has 2 atom stereocenters. The largest absolute Gasteiger partial charge is 0.492 e. The lowest BCUT2D eigenvalue weighted by Gasteiger charge is -2.27. The highest BCUT2D eigenvalue weighted by Crippen LogP contribution is 2.45. The molecule has 0 unspecified atom stereocenters. The minimum Gasteiger partial charge on any atom is -0.492 e. The van der Waals surface area contributed by atoms with Crippen LogP contribution in [0.15, 0.2) is 42.5 Å². The molecule has 32 heavy (non-hydrogen) atoms. The van der Waals surface area contributed by atoms with E-state index in [1.165, 1.54) is 4.90 Å². The van der Waals surface area contributed by atoms with E-state index in [1.807, 2.05) is 19.9 Å². The molecule has 0 aromatic heterocycles. The lowest BCUT2D eigenvalue weighted by molar-refractivity contribution is -0.117. The summed E-state index contributed by atoms with van der Waals surface area (Å²) >= 11 is 0. The number of nitrogens with one attached hydrogen (secondary N) is 1. The van der Waals surface area contributed by atoms with Crippen molar-refractivity contribution in [1.29, 1.82) is 0 Å². The van der Waals surface area contributed by atoms with Gasteiger partial charge in [-0.25, -0.2) is 8.42 Å². The third-order valence-corrected chi connectivity index (χ3v) is 7.46. The summed E-state index contributed by atoms with van der Waals surface area (Å²) in [7, 11) is -3.19. The van der Waals surface area contributed by atoms with Gasteiger partial charge in [0, 0.05) is 30.0 Å². The van der Waals surface area contributed by atoms with E-state index in [1.54, 1.807) is 36.4 Å². The van der Waals surface area contributed by atoms with Crippen LogP contribution in [-0.4, -0.2) is 51.0 Å². The van der Waals surface area contributed by atoms with Crippen molar-refractivity contribution in [2.45, 2.75) is 26.3 Å². The molecular formula is C23H26N2O6S. The van der Waals surface area contributed by atoms with Crippen LogP contribution in [0.4, 0.5) is 11.4 Å². The van der Waals surface area contributed by atoms with Crippen LogP contribution in [0.3, 0.4) is 0 Å². The van der Waals surface area contributed by atoms with Gasteiger partial charge in [-0.3, -0.25) is 9.59 Å². The van der Waals surface area contributed by atoms with Crippen molar-refractivity contribution in [3.8, 4) is 11.5 Å². The number of nitrogens with zero attached hydrogens (tertiary/aromatic N) is 1. The predicted octanol–water partition coefficient (Wildman–Crippen LogP) is 2.89. The van der Waals surface area contributed by atoms with E-state index in [0.717, 1.165) is 0 Å². The van der Waals surface area contributed by atoms with Crippen LogP contribution in [0.25, 0.3) is 0 Å². The Bertz CT molecular complexity index is 1130. The zero-order valence-corrected chi connectivity index (χ0v) is 18.9. The van der Waals surface area contributed by atoms with Gasteiger partial charge in [-0.15, -0.1) is 0 Å². The topological polar surface area (TPSA) is 102 Å². The summed E-state index contributed by atoms with van der Waals surface area (Å²) in [5.41, 5.74) is 1.36. The molecule has 2 aromatic carbocycles. The SMILES string of the molecule is CCOc1cc(N2C(=O)C[C@H]3CS(=O)(=O)C[C@@H]32)c(OCC)cc1NC(=O)c1ccccc1. The summed E-state index contributed by atoms with van der Waals surface area (Å²) in [4.78, 5) is 27.1. The standard InChI is InChI=1S/C23H26N2O6S/c1-3-30-20-12-18(25-19-14-32(28,29)13-16(19)10-22(25)26)21(31-4-2)11-17(20)24-23(27)15-8-6-5-7-9-15/h5-9,11-12,16,19H,3-4,10,13-14H2,1-2H3,(H,24,27)/t16-,19-/m0/s1. The van der Waals surface area contributed by atoms with Crippen molar-refractivity contribution < 1.29 is 27.5 Å². The summed E-state index contributed by atoms with van der Waals surface area (Å²) in [6, 6.07) is 11.7. The van der Waals surface area contributed by atoms with Gasteiger partial charge >= 0.3 is 0 Å². The fourth-order valence-electron chi connectivity index (χ4n) is 4.37. The summed E-state index contributed by atoms with van der Waals surface area (Å²) in [6.07, 6.45) is 0.186. The molecule has 8 nitrogen and oxygen atoms in total. The number of carbonyl (C=O) groups excluding carboxylic acids is 2. The third kappa shape index (κ3) is 4.29. The highest BCUT2D eigenvalue weighted by molar-refractivity contribution is 7.91. The second-order valence-corrected chi connectivity index (χ2v) is 10.0. The molecule has 0 spiro atoms. The minimum absolute atomic E-state index is 0.0212. The van der Waals surface area contributed by atoms with Crippen LogP contribution < -0.4 is 19.7 Å². The number of rotatable bonds is 7. The molecule has 0 aliphatic carbocycles. The first-order valence-corrected chi connectivity index (χ1v) is 12.5. The Kier molecular flexibility index (Phi) is 6.10. The molecule has 2 fully saturated rings. The van der Waals surface area contributed by atoms with Crippen molar-refractivity contribution in [3.05, 3.63) is 48.0 Å². The molecule has 2 aliphatic heterocycles. The fourth-order valence-corrected chi connectivity index (χ4v) is 6.44. The first-order valence-electron chi connectivity index (χ1n) is 10.7. The Balaban J connectivity index is 1.74. The van der Waals surface area contributed by atoms with Crippen molar-refractivity contribution in [1.82, 2.24) is 0 Å². The maximum atomic E-state index is 12.8. The van der Waals surface area contributed by atoms with Crippen LogP contribution in [0.2, 0.25) is 0 Å². The van der Waals surface area contributed by atoms with Gasteiger partial charge in [-0.05, 0) is 26.0 Å². The second kappa shape index (κ2) is 8.82. The summed E-state index contributed by atoms with van der Waals surface area (Å²) in [5, 5.41) is 2.86. The monoisotopic (exact) mass is 458 g/mol. The summed E-state index contributed by atoms with van der Waals surface area (Å²) in [6.45, 7) is 4.31. The fraction of sp³-hybridized carbons (Fsp3) is 0.391. The number of hydrogen-bond donors (Lipinski definition) is 1. The predicted molar refractivity (Wildman–Crippen MR) is 121 cm³/mol. The zero-order chi connectivity index (χ0) is 22.9. The molecule has 2 heterocycles. The lowest BCUT2D eigenvalue weighted by Crippen LogP contribution is -2.36.